The molecule has 3 aromatic rings. The summed E-state index contributed by atoms with van der Waals surface area (Å²) in [6, 6.07) is 10.2. The molecule has 2 aromatic heterocycles. The number of anilines is 1. The number of benzene rings is 1. The third-order valence-corrected chi connectivity index (χ3v) is 3.46. The van der Waals surface area contributed by atoms with E-state index in [0.717, 1.165) is 5.39 Å². The number of hydrogen-bond acceptors (Lipinski definition) is 3. The second-order valence-electron chi connectivity index (χ2n) is 4.31. The van der Waals surface area contributed by atoms with Crippen LogP contribution in [0.1, 0.15) is 10.5 Å². The monoisotopic (exact) mass is 317 g/mol. The molecule has 0 bridgehead atoms. The second kappa shape index (κ2) is 5.68. The molecule has 21 heavy (non-hydrogen) atoms. The lowest BCUT2D eigenvalue weighted by molar-refractivity contribution is 0.102. The highest BCUT2D eigenvalue weighted by atomic mass is 35.5. The van der Waals surface area contributed by atoms with Crippen LogP contribution in [0.2, 0.25) is 10.0 Å². The minimum Gasteiger partial charge on any atom is -0.320 e. The fraction of sp³-hybridized carbons (Fsp3) is 0. The average Bonchev–Trinajstić information content (AvgIpc) is 2.50. The molecule has 2 heterocycles. The Kier molecular flexibility index (Phi) is 3.73. The summed E-state index contributed by atoms with van der Waals surface area (Å²) in [4.78, 5) is 20.4. The van der Waals surface area contributed by atoms with Crippen LogP contribution in [0.4, 0.5) is 5.69 Å². The molecule has 104 valence electrons. The molecule has 0 aliphatic heterocycles. The van der Waals surface area contributed by atoms with Crippen molar-refractivity contribution in [1.29, 1.82) is 0 Å². The summed E-state index contributed by atoms with van der Waals surface area (Å²) in [6.07, 6.45) is 3.14. The van der Waals surface area contributed by atoms with Crippen LogP contribution in [0.3, 0.4) is 0 Å². The Labute approximate surface area is 130 Å². The maximum absolute atomic E-state index is 12.2. The van der Waals surface area contributed by atoms with E-state index in [1.807, 2.05) is 6.07 Å². The van der Waals surface area contributed by atoms with E-state index >= 15 is 0 Å². The molecule has 0 radical (unpaired) electrons. The van der Waals surface area contributed by atoms with E-state index < -0.39 is 0 Å². The number of nitrogens with zero attached hydrogens (tertiary/aromatic N) is 2. The van der Waals surface area contributed by atoms with E-state index in [9.17, 15) is 4.79 Å². The quantitative estimate of drug-likeness (QED) is 0.771. The van der Waals surface area contributed by atoms with E-state index in [2.05, 4.69) is 15.3 Å². The molecule has 0 atom stereocenters. The van der Waals surface area contributed by atoms with Gasteiger partial charge in [0, 0.05) is 22.8 Å². The van der Waals surface area contributed by atoms with Crippen molar-refractivity contribution in [2.75, 3.05) is 5.32 Å². The Morgan fingerprint density at radius 2 is 1.90 bits per heavy atom. The number of carbonyl (C=O) groups excluding carboxylic acids is 1. The van der Waals surface area contributed by atoms with Gasteiger partial charge in [-0.15, -0.1) is 0 Å². The van der Waals surface area contributed by atoms with Gasteiger partial charge in [-0.1, -0.05) is 23.2 Å². The van der Waals surface area contributed by atoms with Crippen molar-refractivity contribution in [2.24, 2.45) is 0 Å². The average molecular weight is 318 g/mol. The molecule has 1 N–H and O–H groups in total. The number of rotatable bonds is 2. The predicted octanol–water partition coefficient (Wildman–Crippen LogP) is 4.19. The number of halogens is 2. The zero-order chi connectivity index (χ0) is 14.8. The van der Waals surface area contributed by atoms with Crippen LogP contribution in [0.25, 0.3) is 10.9 Å². The van der Waals surface area contributed by atoms with Crippen molar-refractivity contribution < 1.29 is 4.79 Å². The molecule has 6 heteroatoms. The van der Waals surface area contributed by atoms with Gasteiger partial charge in [-0.05, 0) is 36.4 Å². The molecule has 4 nitrogen and oxygen atoms in total. The first-order valence-electron chi connectivity index (χ1n) is 6.11. The van der Waals surface area contributed by atoms with Gasteiger partial charge in [0.15, 0.2) is 0 Å². The lowest BCUT2D eigenvalue weighted by Crippen LogP contribution is -2.13. The molecule has 0 unspecified atom stereocenters. The molecule has 1 amide bonds. The first-order valence-corrected chi connectivity index (χ1v) is 6.87. The number of pyridine rings is 2. The smallest absolute Gasteiger partial charge is 0.274 e. The van der Waals surface area contributed by atoms with E-state index in [0.29, 0.717) is 21.2 Å². The molecule has 0 saturated carbocycles. The van der Waals surface area contributed by atoms with E-state index in [-0.39, 0.29) is 11.6 Å². The highest BCUT2D eigenvalue weighted by Crippen LogP contribution is 2.28. The van der Waals surface area contributed by atoms with Crippen molar-refractivity contribution in [1.82, 2.24) is 9.97 Å². The van der Waals surface area contributed by atoms with Crippen LogP contribution in [-0.4, -0.2) is 15.9 Å². The molecular formula is C15H9Cl2N3O. The topological polar surface area (TPSA) is 54.9 Å². The standard InChI is InChI=1S/C15H9Cl2N3O/c16-9-5-7-18-13(8-9)15(21)20-12-4-3-11(17)14-10(12)2-1-6-19-14/h1-8H,(H,20,21). The molecule has 0 fully saturated rings. The Hall–Kier alpha value is -2.17. The molecular weight excluding hydrogens is 309 g/mol. The second-order valence-corrected chi connectivity index (χ2v) is 5.15. The zero-order valence-electron chi connectivity index (χ0n) is 10.7. The zero-order valence-corrected chi connectivity index (χ0v) is 12.2. The minimum absolute atomic E-state index is 0.245. The summed E-state index contributed by atoms with van der Waals surface area (Å²) in [6.45, 7) is 0. The SMILES string of the molecule is O=C(Nc1ccc(Cl)c2ncccc12)c1cc(Cl)ccn1. The van der Waals surface area contributed by atoms with Crippen molar-refractivity contribution in [3.8, 4) is 0 Å². The highest BCUT2D eigenvalue weighted by molar-refractivity contribution is 6.35. The van der Waals surface area contributed by atoms with E-state index in [4.69, 9.17) is 23.2 Å². The Morgan fingerprint density at radius 3 is 2.71 bits per heavy atom. The molecule has 0 spiro atoms. The Balaban J connectivity index is 1.99. The normalized spacial score (nSPS) is 10.6. The maximum atomic E-state index is 12.2. The molecule has 0 aliphatic rings. The summed E-state index contributed by atoms with van der Waals surface area (Å²) < 4.78 is 0. The number of aromatic nitrogens is 2. The number of amides is 1. The summed E-state index contributed by atoms with van der Waals surface area (Å²) in [5.41, 5.74) is 1.50. The number of carbonyl (C=O) groups is 1. The van der Waals surface area contributed by atoms with Crippen molar-refractivity contribution in [3.63, 3.8) is 0 Å². The minimum atomic E-state index is -0.343. The lowest BCUT2D eigenvalue weighted by atomic mass is 10.1. The van der Waals surface area contributed by atoms with Crippen molar-refractivity contribution in [3.05, 3.63) is 64.5 Å². The summed E-state index contributed by atoms with van der Waals surface area (Å²) in [7, 11) is 0. The largest absolute Gasteiger partial charge is 0.320 e. The number of fused-ring (bicyclic) bond motifs is 1. The molecule has 1 aromatic carbocycles. The van der Waals surface area contributed by atoms with Crippen molar-refractivity contribution >= 4 is 45.7 Å². The first kappa shape index (κ1) is 13.8. The van der Waals surface area contributed by atoms with Gasteiger partial charge in [0.25, 0.3) is 5.91 Å². The molecule has 0 aliphatic carbocycles. The van der Waals surface area contributed by atoms with Crippen LogP contribution in [-0.2, 0) is 0 Å². The van der Waals surface area contributed by atoms with Gasteiger partial charge in [0.1, 0.15) is 5.69 Å². The fourth-order valence-electron chi connectivity index (χ4n) is 1.96. The van der Waals surface area contributed by atoms with E-state index in [1.54, 1.807) is 30.5 Å². The fourth-order valence-corrected chi connectivity index (χ4v) is 2.34. The van der Waals surface area contributed by atoms with Gasteiger partial charge < -0.3 is 5.32 Å². The summed E-state index contributed by atoms with van der Waals surface area (Å²) in [5, 5.41) is 4.55. The van der Waals surface area contributed by atoms with Crippen LogP contribution in [0.5, 0.6) is 0 Å². The molecule has 3 rings (SSSR count). The summed E-state index contributed by atoms with van der Waals surface area (Å²) >= 11 is 12.0. The highest BCUT2D eigenvalue weighted by Gasteiger charge is 2.11. The van der Waals surface area contributed by atoms with Crippen LogP contribution >= 0.6 is 23.2 Å². The third-order valence-electron chi connectivity index (χ3n) is 2.92. The molecule has 0 saturated heterocycles. The lowest BCUT2D eigenvalue weighted by Gasteiger charge is -2.09. The van der Waals surface area contributed by atoms with E-state index in [1.165, 1.54) is 12.3 Å². The first-order chi connectivity index (χ1) is 10.1. The van der Waals surface area contributed by atoms with Gasteiger partial charge in [-0.3, -0.25) is 14.8 Å². The van der Waals surface area contributed by atoms with Gasteiger partial charge in [0.05, 0.1) is 16.2 Å². The predicted molar refractivity (Wildman–Crippen MR) is 84.0 cm³/mol. The Morgan fingerprint density at radius 1 is 1.05 bits per heavy atom. The van der Waals surface area contributed by atoms with Crippen LogP contribution < -0.4 is 5.32 Å². The van der Waals surface area contributed by atoms with Gasteiger partial charge in [-0.25, -0.2) is 0 Å². The number of nitrogens with one attached hydrogen (secondary N) is 1. The number of hydrogen-bond donors (Lipinski definition) is 1. The Bertz CT molecular complexity index is 836. The maximum Gasteiger partial charge on any atom is 0.274 e. The van der Waals surface area contributed by atoms with Gasteiger partial charge >= 0.3 is 0 Å². The van der Waals surface area contributed by atoms with Gasteiger partial charge in [-0.2, -0.15) is 0 Å². The third kappa shape index (κ3) is 2.82. The van der Waals surface area contributed by atoms with Gasteiger partial charge in [0.2, 0.25) is 0 Å². The van der Waals surface area contributed by atoms with Crippen LogP contribution in [0.15, 0.2) is 48.8 Å². The van der Waals surface area contributed by atoms with Crippen molar-refractivity contribution in [2.45, 2.75) is 0 Å². The van der Waals surface area contributed by atoms with Crippen LogP contribution in [0, 0.1) is 0 Å². The summed E-state index contributed by atoms with van der Waals surface area (Å²) in [5.74, 6) is -0.343.